The van der Waals surface area contributed by atoms with Crippen LogP contribution in [0, 0.1) is 0 Å². The number of rotatable bonds is 3. The zero-order valence-corrected chi connectivity index (χ0v) is 11.9. The summed E-state index contributed by atoms with van der Waals surface area (Å²) in [4.78, 5) is 14.2. The number of hydrogen-bond donors (Lipinski definition) is 0. The van der Waals surface area contributed by atoms with Gasteiger partial charge in [-0.2, -0.15) is 0 Å². The molecule has 1 amide bonds. The smallest absolute Gasteiger partial charge is 0.252 e. The average Bonchev–Trinajstić information content (AvgIpc) is 3.08. The van der Waals surface area contributed by atoms with Crippen LogP contribution in [0.3, 0.4) is 0 Å². The lowest BCUT2D eigenvalue weighted by Gasteiger charge is -2.33. The van der Waals surface area contributed by atoms with Crippen LogP contribution >= 0.6 is 0 Å². The first-order chi connectivity index (χ1) is 9.70. The van der Waals surface area contributed by atoms with Gasteiger partial charge in [-0.1, -0.05) is 0 Å². The molecule has 2 atom stereocenters. The number of carbonyl (C=O) groups is 1. The lowest BCUT2D eigenvalue weighted by atomic mass is 10.1. The highest BCUT2D eigenvalue weighted by Crippen LogP contribution is 2.24. The van der Waals surface area contributed by atoms with Crippen LogP contribution in [0.4, 0.5) is 0 Å². The van der Waals surface area contributed by atoms with Gasteiger partial charge in [0.05, 0.1) is 12.6 Å². The van der Waals surface area contributed by atoms with E-state index in [0.717, 1.165) is 24.5 Å². The van der Waals surface area contributed by atoms with Crippen LogP contribution < -0.4 is 0 Å². The van der Waals surface area contributed by atoms with Crippen LogP contribution in [-0.4, -0.2) is 51.9 Å². The molecule has 20 heavy (non-hydrogen) atoms. The summed E-state index contributed by atoms with van der Waals surface area (Å²) in [5.74, 6) is 1.72. The summed E-state index contributed by atoms with van der Waals surface area (Å²) >= 11 is 0. The summed E-state index contributed by atoms with van der Waals surface area (Å²) in [7, 11) is 1.64. The van der Waals surface area contributed by atoms with Crippen molar-refractivity contribution in [2.24, 2.45) is 0 Å². The van der Waals surface area contributed by atoms with Crippen molar-refractivity contribution in [3.05, 3.63) is 11.6 Å². The number of amides is 1. The molecule has 0 aliphatic carbocycles. The van der Waals surface area contributed by atoms with E-state index in [2.05, 4.69) is 21.7 Å². The van der Waals surface area contributed by atoms with E-state index in [4.69, 9.17) is 9.47 Å². The van der Waals surface area contributed by atoms with Crippen molar-refractivity contribution in [1.82, 2.24) is 19.7 Å². The van der Waals surface area contributed by atoms with Crippen LogP contribution in [0.25, 0.3) is 0 Å². The van der Waals surface area contributed by atoms with Crippen molar-refractivity contribution in [2.75, 3.05) is 20.3 Å². The van der Waals surface area contributed by atoms with E-state index in [1.807, 2.05) is 4.90 Å². The Morgan fingerprint density at radius 1 is 1.50 bits per heavy atom. The molecular formula is C13H20N4O3. The molecule has 1 aromatic rings. The third kappa shape index (κ3) is 2.31. The monoisotopic (exact) mass is 280 g/mol. The number of hydrogen-bond acceptors (Lipinski definition) is 5. The van der Waals surface area contributed by atoms with Crippen LogP contribution in [0.15, 0.2) is 0 Å². The number of aromatic nitrogens is 3. The average molecular weight is 280 g/mol. The Hall–Kier alpha value is -1.47. The van der Waals surface area contributed by atoms with Crippen molar-refractivity contribution in [2.45, 2.75) is 45.1 Å². The Balaban J connectivity index is 1.77. The second-order valence-corrected chi connectivity index (χ2v) is 5.40. The van der Waals surface area contributed by atoms with Crippen molar-refractivity contribution >= 4 is 5.91 Å². The highest BCUT2D eigenvalue weighted by atomic mass is 16.5. The number of methoxy groups -OCH3 is 1. The van der Waals surface area contributed by atoms with Gasteiger partial charge in [0.1, 0.15) is 12.7 Å². The molecule has 0 aromatic carbocycles. The summed E-state index contributed by atoms with van der Waals surface area (Å²) in [5, 5.41) is 8.33. The highest BCUT2D eigenvalue weighted by Gasteiger charge is 2.34. The van der Waals surface area contributed by atoms with Gasteiger partial charge in [0.15, 0.2) is 11.6 Å². The van der Waals surface area contributed by atoms with Crippen LogP contribution in [0.1, 0.15) is 37.5 Å². The van der Waals surface area contributed by atoms with Crippen LogP contribution in [0.2, 0.25) is 0 Å². The molecule has 7 nitrogen and oxygen atoms in total. The van der Waals surface area contributed by atoms with Gasteiger partial charge >= 0.3 is 0 Å². The molecule has 3 rings (SSSR count). The zero-order valence-electron chi connectivity index (χ0n) is 11.9. The van der Waals surface area contributed by atoms with E-state index in [1.165, 1.54) is 0 Å². The summed E-state index contributed by atoms with van der Waals surface area (Å²) in [5.41, 5.74) is 0. The van der Waals surface area contributed by atoms with E-state index >= 15 is 0 Å². The van der Waals surface area contributed by atoms with Gasteiger partial charge in [0.2, 0.25) is 0 Å². The molecule has 0 N–H and O–H groups in total. The third-order valence-corrected chi connectivity index (χ3v) is 3.88. The van der Waals surface area contributed by atoms with Gasteiger partial charge < -0.3 is 18.9 Å². The Bertz CT molecular complexity index is 496. The fourth-order valence-corrected chi connectivity index (χ4v) is 2.98. The second-order valence-electron chi connectivity index (χ2n) is 5.40. The van der Waals surface area contributed by atoms with E-state index < -0.39 is 0 Å². The second kappa shape index (κ2) is 5.49. The van der Waals surface area contributed by atoms with Gasteiger partial charge in [0.25, 0.3) is 5.91 Å². The Labute approximate surface area is 117 Å². The first-order valence-corrected chi connectivity index (χ1v) is 7.02. The predicted octanol–water partition coefficient (Wildman–Crippen LogP) is 0.507. The molecule has 0 bridgehead atoms. The van der Waals surface area contributed by atoms with E-state index in [0.29, 0.717) is 26.3 Å². The molecule has 0 unspecified atom stereocenters. The van der Waals surface area contributed by atoms with Crippen molar-refractivity contribution in [1.29, 1.82) is 0 Å². The van der Waals surface area contributed by atoms with Crippen LogP contribution in [0.5, 0.6) is 0 Å². The van der Waals surface area contributed by atoms with Gasteiger partial charge in [-0.25, -0.2) is 0 Å². The molecule has 3 heterocycles. The molecule has 7 heteroatoms. The van der Waals surface area contributed by atoms with E-state index in [-0.39, 0.29) is 18.1 Å². The quantitative estimate of drug-likeness (QED) is 0.806. The predicted molar refractivity (Wildman–Crippen MR) is 69.8 cm³/mol. The largest absolute Gasteiger partial charge is 0.377 e. The normalized spacial score (nSPS) is 25.8. The Morgan fingerprint density at radius 3 is 3.05 bits per heavy atom. The lowest BCUT2D eigenvalue weighted by Crippen LogP contribution is -2.45. The Morgan fingerprint density at radius 2 is 2.35 bits per heavy atom. The molecule has 0 radical (unpaired) electrons. The van der Waals surface area contributed by atoms with Crippen molar-refractivity contribution < 1.29 is 14.3 Å². The van der Waals surface area contributed by atoms with Crippen molar-refractivity contribution in [3.8, 4) is 0 Å². The maximum atomic E-state index is 12.4. The van der Waals surface area contributed by atoms with Gasteiger partial charge in [-0.3, -0.25) is 4.79 Å². The molecule has 2 aliphatic heterocycles. The van der Waals surface area contributed by atoms with Gasteiger partial charge in [-0.05, 0) is 19.8 Å². The number of nitrogens with zero attached hydrogens (tertiary/aromatic N) is 4. The Kier molecular flexibility index (Phi) is 3.71. The fraction of sp³-hybridized carbons (Fsp3) is 0.769. The zero-order chi connectivity index (χ0) is 14.1. The highest BCUT2D eigenvalue weighted by molar-refractivity contribution is 5.81. The minimum atomic E-state index is -0.268. The lowest BCUT2D eigenvalue weighted by molar-refractivity contribution is -0.143. The summed E-state index contributed by atoms with van der Waals surface area (Å²) in [6.07, 6.45) is 1.52. The maximum Gasteiger partial charge on any atom is 0.252 e. The minimum absolute atomic E-state index is 0.0805. The minimum Gasteiger partial charge on any atom is -0.377 e. The fourth-order valence-electron chi connectivity index (χ4n) is 2.98. The number of carbonyl (C=O) groups excluding carboxylic acids is 1. The number of fused-ring (bicyclic) bond motifs is 1. The standard InChI is InChI=1S/C13H20N4O3/c1-9-6-16(13(18)10-4-3-5-20-10)7-11-14-15-12(8-19-2)17(9)11/h9-10H,3-8H2,1-2H3/t9-,10+/m0/s1. The summed E-state index contributed by atoms with van der Waals surface area (Å²) in [6.45, 7) is 4.37. The molecule has 110 valence electrons. The first kappa shape index (κ1) is 13.5. The van der Waals surface area contributed by atoms with Gasteiger partial charge in [0, 0.05) is 20.3 Å². The van der Waals surface area contributed by atoms with E-state index in [1.54, 1.807) is 7.11 Å². The molecule has 0 spiro atoms. The van der Waals surface area contributed by atoms with Gasteiger partial charge in [-0.15, -0.1) is 10.2 Å². The molecule has 2 aliphatic rings. The first-order valence-electron chi connectivity index (χ1n) is 7.02. The summed E-state index contributed by atoms with van der Waals surface area (Å²) in [6, 6.07) is 0.157. The summed E-state index contributed by atoms with van der Waals surface area (Å²) < 4.78 is 12.7. The molecule has 1 fully saturated rings. The maximum absolute atomic E-state index is 12.4. The SMILES string of the molecule is COCc1nnc2n1[C@@H](C)CN(C(=O)[C@H]1CCCO1)C2. The van der Waals surface area contributed by atoms with Crippen LogP contribution in [-0.2, 0) is 27.4 Å². The third-order valence-electron chi connectivity index (χ3n) is 3.88. The number of ether oxygens (including phenoxy) is 2. The van der Waals surface area contributed by atoms with Crippen molar-refractivity contribution in [3.63, 3.8) is 0 Å². The molecule has 1 saturated heterocycles. The molecule has 0 saturated carbocycles. The topological polar surface area (TPSA) is 69.5 Å². The molecule has 1 aromatic heterocycles. The van der Waals surface area contributed by atoms with E-state index in [9.17, 15) is 4.79 Å². The molecular weight excluding hydrogens is 260 g/mol.